The van der Waals surface area contributed by atoms with Crippen LogP contribution in [0.1, 0.15) is 65.9 Å². The van der Waals surface area contributed by atoms with E-state index < -0.39 is 5.54 Å². The van der Waals surface area contributed by atoms with Crippen molar-refractivity contribution >= 4 is 23.5 Å². The third kappa shape index (κ3) is 4.33. The van der Waals surface area contributed by atoms with Gasteiger partial charge in [0.25, 0.3) is 5.91 Å². The number of carbonyl (C=O) groups excluding carboxylic acids is 1. The van der Waals surface area contributed by atoms with Gasteiger partial charge in [0.1, 0.15) is 17.0 Å². The Kier molecular flexibility index (Phi) is 7.37. The van der Waals surface area contributed by atoms with E-state index in [2.05, 4.69) is 80.0 Å². The molecule has 0 N–H and O–H groups in total. The summed E-state index contributed by atoms with van der Waals surface area (Å²) >= 11 is 0. The lowest BCUT2D eigenvalue weighted by Crippen LogP contribution is -2.44. The normalized spacial score (nSPS) is 14.2. The monoisotopic (exact) mass is 569 g/mol. The van der Waals surface area contributed by atoms with Crippen LogP contribution >= 0.6 is 0 Å². The summed E-state index contributed by atoms with van der Waals surface area (Å²) in [7, 11) is 0. The van der Waals surface area contributed by atoms with Crippen LogP contribution in [0.4, 0.5) is 11.4 Å². The second-order valence-corrected chi connectivity index (χ2v) is 10.6. The Morgan fingerprint density at radius 3 is 1.93 bits per heavy atom. The minimum atomic E-state index is -1.07. The van der Waals surface area contributed by atoms with Gasteiger partial charge >= 0.3 is 0 Å². The van der Waals surface area contributed by atoms with E-state index in [0.717, 1.165) is 54.2 Å². The fraction of sp³-hybridized carbons (Fsp3) is 0.250. The number of hydrogen-bond donors (Lipinski definition) is 0. The van der Waals surface area contributed by atoms with E-state index in [1.807, 2.05) is 42.5 Å². The van der Waals surface area contributed by atoms with E-state index in [1.165, 1.54) is 0 Å². The first-order chi connectivity index (χ1) is 21.0. The lowest BCUT2D eigenvalue weighted by Gasteiger charge is -2.42. The number of nitrogens with zero attached hydrogens (tertiary/aromatic N) is 5. The van der Waals surface area contributed by atoms with Gasteiger partial charge in [0.2, 0.25) is 0 Å². The van der Waals surface area contributed by atoms with Crippen molar-refractivity contribution in [1.82, 2.24) is 5.01 Å². The van der Waals surface area contributed by atoms with Crippen molar-refractivity contribution in [3.8, 4) is 17.6 Å². The van der Waals surface area contributed by atoms with Crippen molar-refractivity contribution in [2.24, 2.45) is 5.10 Å². The van der Waals surface area contributed by atoms with E-state index in [4.69, 9.17) is 9.84 Å². The highest BCUT2D eigenvalue weighted by molar-refractivity contribution is 6.03. The van der Waals surface area contributed by atoms with Gasteiger partial charge in [-0.25, -0.2) is 5.01 Å². The summed E-state index contributed by atoms with van der Waals surface area (Å²) in [6.07, 6.45) is 1.62. The highest BCUT2D eigenvalue weighted by Gasteiger charge is 2.57. The molecule has 2 aliphatic rings. The maximum absolute atomic E-state index is 14.3. The summed E-state index contributed by atoms with van der Waals surface area (Å²) in [5, 5.41) is 16.2. The van der Waals surface area contributed by atoms with E-state index in [1.54, 1.807) is 17.3 Å². The maximum Gasteiger partial charge on any atom is 0.275 e. The topological polar surface area (TPSA) is 72.2 Å². The molecule has 4 aromatic carbocycles. The molecule has 0 bridgehead atoms. The SMILES string of the molecule is CCN(CC)c1ccc2c(c1)Oc1cc(N(CC)CC)ccc1C21c2ccccc2C(=O)N1/N=C/c1ccccc1C#N. The minimum absolute atomic E-state index is 0.208. The first-order valence-corrected chi connectivity index (χ1v) is 15.0. The Morgan fingerprint density at radius 2 is 1.35 bits per heavy atom. The van der Waals surface area contributed by atoms with Crippen molar-refractivity contribution in [2.45, 2.75) is 33.2 Å². The average molecular weight is 570 g/mol. The van der Waals surface area contributed by atoms with E-state index in [0.29, 0.717) is 28.2 Å². The summed E-state index contributed by atoms with van der Waals surface area (Å²) in [4.78, 5) is 18.8. The molecule has 0 unspecified atom stereocenters. The lowest BCUT2D eigenvalue weighted by atomic mass is 9.75. The summed E-state index contributed by atoms with van der Waals surface area (Å²) < 4.78 is 6.74. The summed E-state index contributed by atoms with van der Waals surface area (Å²) in [6.45, 7) is 12.0. The molecule has 1 spiro atoms. The van der Waals surface area contributed by atoms with Crippen LogP contribution in [0.5, 0.6) is 11.5 Å². The molecule has 0 atom stereocenters. The van der Waals surface area contributed by atoms with Gasteiger partial charge in [0, 0.05) is 77.5 Å². The maximum atomic E-state index is 14.3. The Bertz CT molecular complexity index is 1700. The molecule has 43 heavy (non-hydrogen) atoms. The molecule has 216 valence electrons. The van der Waals surface area contributed by atoms with Crippen LogP contribution in [-0.4, -0.2) is 43.3 Å². The Hall–Kier alpha value is -5.09. The standard InChI is InChI=1S/C36H35N5O2/c1-5-39(6-2)27-17-19-31-33(21-27)43-34-22-28(40(7-3)8-4)18-20-32(34)36(31)30-16-12-11-15-29(30)35(42)41(36)38-24-26-14-10-9-13-25(26)23-37/h9-22,24H,5-8H2,1-4H3/b38-24+. The lowest BCUT2D eigenvalue weighted by molar-refractivity contribution is 0.0675. The van der Waals surface area contributed by atoms with E-state index in [9.17, 15) is 10.1 Å². The predicted octanol–water partition coefficient (Wildman–Crippen LogP) is 7.14. The first kappa shape index (κ1) is 28.0. The molecule has 7 nitrogen and oxygen atoms in total. The third-order valence-electron chi connectivity index (χ3n) is 8.64. The fourth-order valence-corrected chi connectivity index (χ4v) is 6.48. The molecule has 0 saturated carbocycles. The third-order valence-corrected chi connectivity index (χ3v) is 8.64. The van der Waals surface area contributed by atoms with Gasteiger partial charge in [0.05, 0.1) is 17.8 Å². The van der Waals surface area contributed by atoms with Gasteiger partial charge < -0.3 is 14.5 Å². The summed E-state index contributed by atoms with van der Waals surface area (Å²) in [6, 6.07) is 29.7. The molecular formula is C36H35N5O2. The number of rotatable bonds is 8. The molecule has 0 radical (unpaired) electrons. The average Bonchev–Trinajstić information content (AvgIpc) is 3.29. The van der Waals surface area contributed by atoms with Crippen LogP contribution < -0.4 is 14.5 Å². The van der Waals surface area contributed by atoms with Crippen molar-refractivity contribution in [1.29, 1.82) is 5.26 Å². The van der Waals surface area contributed by atoms with Crippen molar-refractivity contribution in [3.05, 3.63) is 118 Å². The highest BCUT2D eigenvalue weighted by Crippen LogP contribution is 2.58. The van der Waals surface area contributed by atoms with Crippen molar-refractivity contribution in [2.75, 3.05) is 36.0 Å². The molecule has 4 aromatic rings. The zero-order valence-electron chi connectivity index (χ0n) is 25.0. The van der Waals surface area contributed by atoms with Gasteiger partial charge in [-0.05, 0) is 52.0 Å². The number of benzene rings is 4. The highest BCUT2D eigenvalue weighted by atomic mass is 16.5. The Labute approximate surface area is 253 Å². The number of hydrogen-bond acceptors (Lipinski definition) is 6. The van der Waals surface area contributed by atoms with Crippen molar-refractivity contribution < 1.29 is 9.53 Å². The molecule has 0 aliphatic carbocycles. The zero-order chi connectivity index (χ0) is 30.1. The van der Waals surface area contributed by atoms with Crippen LogP contribution in [-0.2, 0) is 5.54 Å². The number of carbonyl (C=O) groups is 1. The van der Waals surface area contributed by atoms with E-state index in [-0.39, 0.29) is 5.91 Å². The summed E-state index contributed by atoms with van der Waals surface area (Å²) in [5.41, 5.74) is 5.30. The molecule has 2 heterocycles. The van der Waals surface area contributed by atoms with E-state index >= 15 is 0 Å². The van der Waals surface area contributed by atoms with Gasteiger partial charge in [0.15, 0.2) is 0 Å². The number of hydrazone groups is 1. The number of fused-ring (bicyclic) bond motifs is 6. The Balaban J connectivity index is 1.65. The molecule has 0 aromatic heterocycles. The number of nitriles is 1. The fourth-order valence-electron chi connectivity index (χ4n) is 6.48. The minimum Gasteiger partial charge on any atom is -0.456 e. The number of amides is 1. The van der Waals surface area contributed by atoms with Gasteiger partial charge in [-0.1, -0.05) is 48.5 Å². The predicted molar refractivity (Wildman–Crippen MR) is 171 cm³/mol. The number of ether oxygens (including phenoxy) is 1. The van der Waals surface area contributed by atoms with Crippen LogP contribution in [0.25, 0.3) is 0 Å². The quantitative estimate of drug-likeness (QED) is 0.211. The molecule has 6 rings (SSSR count). The second-order valence-electron chi connectivity index (χ2n) is 10.6. The molecule has 0 saturated heterocycles. The second kappa shape index (κ2) is 11.3. The van der Waals surface area contributed by atoms with Crippen LogP contribution in [0.15, 0.2) is 90.0 Å². The van der Waals surface area contributed by atoms with Gasteiger partial charge in [-0.3, -0.25) is 4.79 Å². The first-order valence-electron chi connectivity index (χ1n) is 15.0. The van der Waals surface area contributed by atoms with Gasteiger partial charge in [-0.15, -0.1) is 0 Å². The molecule has 0 fully saturated rings. The largest absolute Gasteiger partial charge is 0.456 e. The Morgan fingerprint density at radius 1 is 0.791 bits per heavy atom. The smallest absolute Gasteiger partial charge is 0.275 e. The van der Waals surface area contributed by atoms with Crippen LogP contribution in [0.3, 0.4) is 0 Å². The molecule has 7 heteroatoms. The van der Waals surface area contributed by atoms with Crippen molar-refractivity contribution in [3.63, 3.8) is 0 Å². The summed E-state index contributed by atoms with van der Waals surface area (Å²) in [5.74, 6) is 1.17. The molecule has 2 aliphatic heterocycles. The zero-order valence-corrected chi connectivity index (χ0v) is 25.0. The molecular weight excluding hydrogens is 534 g/mol. The molecule has 1 amide bonds. The van der Waals surface area contributed by atoms with Gasteiger partial charge in [-0.2, -0.15) is 10.4 Å². The van der Waals surface area contributed by atoms with Crippen LogP contribution in [0.2, 0.25) is 0 Å². The van der Waals surface area contributed by atoms with Crippen LogP contribution in [0, 0.1) is 11.3 Å². The number of anilines is 2.